The number of primary amides is 1. The first-order valence-electron chi connectivity index (χ1n) is 5.57. The van der Waals surface area contributed by atoms with E-state index in [1.807, 2.05) is 30.3 Å². The summed E-state index contributed by atoms with van der Waals surface area (Å²) in [6.45, 7) is 0. The van der Waals surface area contributed by atoms with Crippen LogP contribution in [0.1, 0.15) is 22.6 Å². The van der Waals surface area contributed by atoms with Gasteiger partial charge in [0.15, 0.2) is 0 Å². The van der Waals surface area contributed by atoms with Crippen LogP contribution >= 0.6 is 0 Å². The van der Waals surface area contributed by atoms with Crippen LogP contribution < -0.4 is 5.73 Å². The minimum absolute atomic E-state index is 0.455. The van der Waals surface area contributed by atoms with Gasteiger partial charge >= 0.3 is 0 Å². The van der Waals surface area contributed by atoms with E-state index >= 15 is 0 Å². The molecule has 1 amide bonds. The Bertz CT molecular complexity index is 599. The Hall–Kier alpha value is -2.60. The molecule has 0 fully saturated rings. The van der Waals surface area contributed by atoms with Gasteiger partial charge in [-0.3, -0.25) is 4.79 Å². The average Bonchev–Trinajstić information content (AvgIpc) is 2.40. The number of nitriles is 1. The fourth-order valence-corrected chi connectivity index (χ4v) is 1.99. The van der Waals surface area contributed by atoms with Crippen molar-refractivity contribution in [3.05, 3.63) is 71.3 Å². The number of rotatable bonds is 3. The van der Waals surface area contributed by atoms with E-state index in [1.165, 1.54) is 0 Å². The third-order valence-corrected chi connectivity index (χ3v) is 2.81. The molecule has 3 heteroatoms. The molecule has 0 aliphatic heterocycles. The van der Waals surface area contributed by atoms with Gasteiger partial charge in [0.2, 0.25) is 5.91 Å². The molecule has 0 radical (unpaired) electrons. The lowest BCUT2D eigenvalue weighted by Gasteiger charge is -2.15. The molecule has 0 bridgehead atoms. The maximum atomic E-state index is 11.7. The first-order valence-corrected chi connectivity index (χ1v) is 5.57. The number of hydrogen-bond donors (Lipinski definition) is 1. The van der Waals surface area contributed by atoms with E-state index in [2.05, 4.69) is 6.07 Å². The second kappa shape index (κ2) is 5.15. The summed E-state index contributed by atoms with van der Waals surface area (Å²) in [7, 11) is 0. The number of amides is 1. The van der Waals surface area contributed by atoms with Gasteiger partial charge in [0.25, 0.3) is 0 Å². The lowest BCUT2D eigenvalue weighted by atomic mass is 9.88. The Morgan fingerprint density at radius 2 is 1.67 bits per heavy atom. The van der Waals surface area contributed by atoms with Crippen LogP contribution in [0.25, 0.3) is 0 Å². The van der Waals surface area contributed by atoms with Gasteiger partial charge in [-0.15, -0.1) is 0 Å². The fourth-order valence-electron chi connectivity index (χ4n) is 1.99. The van der Waals surface area contributed by atoms with E-state index in [1.54, 1.807) is 24.3 Å². The molecule has 0 saturated carbocycles. The number of carbonyl (C=O) groups excluding carboxylic acids is 1. The maximum absolute atomic E-state index is 11.7. The summed E-state index contributed by atoms with van der Waals surface area (Å²) >= 11 is 0. The Balaban J connectivity index is 2.57. The normalized spacial score (nSPS) is 11.5. The van der Waals surface area contributed by atoms with Gasteiger partial charge in [0.1, 0.15) is 0 Å². The minimum Gasteiger partial charge on any atom is -0.369 e. The highest BCUT2D eigenvalue weighted by atomic mass is 16.1. The molecular weight excluding hydrogens is 224 g/mol. The molecule has 0 saturated heterocycles. The SMILES string of the molecule is N#Cc1ccccc1C(C(N)=O)c1ccccc1. The molecular formula is C15H12N2O. The smallest absolute Gasteiger partial charge is 0.229 e. The van der Waals surface area contributed by atoms with Crippen molar-refractivity contribution in [2.24, 2.45) is 5.73 Å². The molecule has 3 nitrogen and oxygen atoms in total. The summed E-state index contributed by atoms with van der Waals surface area (Å²) in [5, 5.41) is 9.09. The summed E-state index contributed by atoms with van der Waals surface area (Å²) < 4.78 is 0. The maximum Gasteiger partial charge on any atom is 0.229 e. The van der Waals surface area contributed by atoms with Crippen molar-refractivity contribution in [3.8, 4) is 6.07 Å². The predicted octanol–water partition coefficient (Wildman–Crippen LogP) is 2.18. The first kappa shape index (κ1) is 11.9. The number of carbonyl (C=O) groups is 1. The quantitative estimate of drug-likeness (QED) is 0.887. The Kier molecular flexibility index (Phi) is 3.40. The van der Waals surface area contributed by atoms with Crippen molar-refractivity contribution in [1.29, 1.82) is 5.26 Å². The molecule has 2 rings (SSSR count). The molecule has 2 aromatic carbocycles. The minimum atomic E-state index is -0.581. The number of hydrogen-bond acceptors (Lipinski definition) is 2. The van der Waals surface area contributed by atoms with Gasteiger partial charge < -0.3 is 5.73 Å². The lowest BCUT2D eigenvalue weighted by molar-refractivity contribution is -0.118. The molecule has 88 valence electrons. The van der Waals surface area contributed by atoms with Crippen molar-refractivity contribution in [1.82, 2.24) is 0 Å². The number of benzene rings is 2. The van der Waals surface area contributed by atoms with Gasteiger partial charge in [-0.1, -0.05) is 48.5 Å². The highest BCUT2D eigenvalue weighted by Gasteiger charge is 2.22. The molecule has 2 aromatic rings. The van der Waals surface area contributed by atoms with E-state index in [9.17, 15) is 4.79 Å². The molecule has 0 spiro atoms. The van der Waals surface area contributed by atoms with Crippen molar-refractivity contribution in [3.63, 3.8) is 0 Å². The van der Waals surface area contributed by atoms with Crippen molar-refractivity contribution in [2.45, 2.75) is 5.92 Å². The highest BCUT2D eigenvalue weighted by molar-refractivity contribution is 5.86. The molecule has 2 N–H and O–H groups in total. The standard InChI is InChI=1S/C15H12N2O/c16-10-12-8-4-5-9-13(12)14(15(17)18)11-6-2-1-3-7-11/h1-9,14H,(H2,17,18). The molecule has 0 aromatic heterocycles. The third-order valence-electron chi connectivity index (χ3n) is 2.81. The fraction of sp³-hybridized carbons (Fsp3) is 0.0667. The predicted molar refractivity (Wildman–Crippen MR) is 68.6 cm³/mol. The van der Waals surface area contributed by atoms with Crippen LogP contribution in [0, 0.1) is 11.3 Å². The molecule has 0 aliphatic carbocycles. The van der Waals surface area contributed by atoms with Crippen molar-refractivity contribution < 1.29 is 4.79 Å². The van der Waals surface area contributed by atoms with Crippen LogP contribution in [0.5, 0.6) is 0 Å². The van der Waals surface area contributed by atoms with Crippen LogP contribution in [0.2, 0.25) is 0 Å². The van der Waals surface area contributed by atoms with E-state index in [-0.39, 0.29) is 0 Å². The summed E-state index contributed by atoms with van der Waals surface area (Å²) in [5.74, 6) is -1.04. The van der Waals surface area contributed by atoms with Gasteiger partial charge in [-0.25, -0.2) is 0 Å². The largest absolute Gasteiger partial charge is 0.369 e. The zero-order chi connectivity index (χ0) is 13.0. The monoisotopic (exact) mass is 236 g/mol. The Morgan fingerprint density at radius 3 is 2.28 bits per heavy atom. The summed E-state index contributed by atoms with van der Waals surface area (Å²) in [4.78, 5) is 11.7. The second-order valence-corrected chi connectivity index (χ2v) is 3.95. The van der Waals surface area contributed by atoms with Gasteiger partial charge in [0, 0.05) is 0 Å². The van der Waals surface area contributed by atoms with Crippen LogP contribution in [-0.2, 0) is 4.79 Å². The summed E-state index contributed by atoms with van der Waals surface area (Å²) in [5.41, 5.74) is 7.40. The molecule has 1 atom stereocenters. The van der Waals surface area contributed by atoms with Crippen LogP contribution in [0.15, 0.2) is 54.6 Å². The van der Waals surface area contributed by atoms with Crippen LogP contribution in [-0.4, -0.2) is 5.91 Å². The van der Waals surface area contributed by atoms with Crippen molar-refractivity contribution >= 4 is 5.91 Å². The van der Waals surface area contributed by atoms with E-state index in [4.69, 9.17) is 11.0 Å². The topological polar surface area (TPSA) is 66.9 Å². The van der Waals surface area contributed by atoms with Crippen LogP contribution in [0.4, 0.5) is 0 Å². The zero-order valence-corrected chi connectivity index (χ0v) is 9.71. The first-order chi connectivity index (χ1) is 8.74. The highest BCUT2D eigenvalue weighted by Crippen LogP contribution is 2.26. The Morgan fingerprint density at radius 1 is 1.06 bits per heavy atom. The lowest BCUT2D eigenvalue weighted by Crippen LogP contribution is -2.23. The van der Waals surface area contributed by atoms with E-state index in [0.29, 0.717) is 11.1 Å². The summed E-state index contributed by atoms with van der Waals surface area (Å²) in [6, 6.07) is 18.4. The van der Waals surface area contributed by atoms with E-state index < -0.39 is 11.8 Å². The molecule has 1 unspecified atom stereocenters. The van der Waals surface area contributed by atoms with Crippen LogP contribution in [0.3, 0.4) is 0 Å². The summed E-state index contributed by atoms with van der Waals surface area (Å²) in [6.07, 6.45) is 0. The van der Waals surface area contributed by atoms with Gasteiger partial charge in [-0.2, -0.15) is 5.26 Å². The Labute approximate surface area is 105 Å². The molecule has 0 aliphatic rings. The molecule has 18 heavy (non-hydrogen) atoms. The van der Waals surface area contributed by atoms with Gasteiger partial charge in [0.05, 0.1) is 17.6 Å². The number of nitrogens with two attached hydrogens (primary N) is 1. The second-order valence-electron chi connectivity index (χ2n) is 3.95. The van der Waals surface area contributed by atoms with Crippen molar-refractivity contribution in [2.75, 3.05) is 0 Å². The third kappa shape index (κ3) is 2.23. The van der Waals surface area contributed by atoms with Gasteiger partial charge in [-0.05, 0) is 17.2 Å². The molecule has 0 heterocycles. The van der Waals surface area contributed by atoms with E-state index in [0.717, 1.165) is 5.56 Å². The number of nitrogens with zero attached hydrogens (tertiary/aromatic N) is 1. The zero-order valence-electron chi connectivity index (χ0n) is 9.71. The average molecular weight is 236 g/mol.